The largest absolute Gasteiger partial charge is 0.385 e. The highest BCUT2D eigenvalue weighted by Crippen LogP contribution is 2.51. The van der Waals surface area contributed by atoms with Gasteiger partial charge in [-0.2, -0.15) is 0 Å². The van der Waals surface area contributed by atoms with Gasteiger partial charge in [0.1, 0.15) is 0 Å². The van der Waals surface area contributed by atoms with Crippen molar-refractivity contribution >= 4 is 7.60 Å². The fraction of sp³-hybridized carbons (Fsp3) is 0.933. The first-order chi connectivity index (χ1) is 16.8. The molecule has 0 saturated heterocycles. The first-order valence-electron chi connectivity index (χ1n) is 15.2. The molecule has 0 aliphatic heterocycles. The normalized spacial score (nSPS) is 15.0. The lowest BCUT2D eigenvalue weighted by atomic mass is 10.0. The standard InChI is InChI=1S/C30H62NO3P/c1-6-8-9-10-11-12-13-14-15-16-17-18-19-20-21-22-23-24-25-26-27-29-34-35(32,33)30(28-7-2)31(3,4)5/h20-21,30H,6-19,22-29H2,1-5H3/p+1. The highest BCUT2D eigenvalue weighted by atomic mass is 31.2. The van der Waals surface area contributed by atoms with Gasteiger partial charge in [-0.3, -0.25) is 4.57 Å². The molecule has 1 N–H and O–H groups in total. The summed E-state index contributed by atoms with van der Waals surface area (Å²) in [5.74, 6) is -0.339. The first-order valence-corrected chi connectivity index (χ1v) is 16.8. The zero-order valence-corrected chi connectivity index (χ0v) is 25.3. The molecular formula is C30H63NO3P+. The van der Waals surface area contributed by atoms with Crippen molar-refractivity contribution in [1.29, 1.82) is 0 Å². The minimum absolute atomic E-state index is 0.339. The molecule has 0 bridgehead atoms. The molecular weight excluding hydrogens is 453 g/mol. The van der Waals surface area contributed by atoms with E-state index in [0.29, 0.717) is 17.5 Å². The van der Waals surface area contributed by atoms with Crippen molar-refractivity contribution in [3.05, 3.63) is 12.2 Å². The molecule has 0 heterocycles. The Morgan fingerprint density at radius 2 is 1.06 bits per heavy atom. The summed E-state index contributed by atoms with van der Waals surface area (Å²) in [5, 5.41) is 0. The van der Waals surface area contributed by atoms with Crippen LogP contribution in [0.2, 0.25) is 0 Å². The average molecular weight is 517 g/mol. The third kappa shape index (κ3) is 21.6. The van der Waals surface area contributed by atoms with Crippen LogP contribution >= 0.6 is 7.60 Å². The van der Waals surface area contributed by atoms with Crippen molar-refractivity contribution in [2.45, 2.75) is 154 Å². The predicted octanol–water partition coefficient (Wildman–Crippen LogP) is 10.0. The van der Waals surface area contributed by atoms with Crippen LogP contribution in [-0.4, -0.2) is 42.9 Å². The highest BCUT2D eigenvalue weighted by molar-refractivity contribution is 7.53. The van der Waals surface area contributed by atoms with Crippen LogP contribution in [0.15, 0.2) is 12.2 Å². The third-order valence-electron chi connectivity index (χ3n) is 7.00. The maximum absolute atomic E-state index is 12.7. The predicted molar refractivity (Wildman–Crippen MR) is 155 cm³/mol. The lowest BCUT2D eigenvalue weighted by Gasteiger charge is -2.35. The van der Waals surface area contributed by atoms with Crippen molar-refractivity contribution in [2.24, 2.45) is 0 Å². The Balaban J connectivity index is 3.49. The van der Waals surface area contributed by atoms with Crippen LogP contribution in [0.5, 0.6) is 0 Å². The molecule has 210 valence electrons. The monoisotopic (exact) mass is 516 g/mol. The molecule has 0 aromatic rings. The van der Waals surface area contributed by atoms with Crippen LogP contribution in [0.25, 0.3) is 0 Å². The second-order valence-electron chi connectivity index (χ2n) is 11.5. The Morgan fingerprint density at radius 3 is 1.46 bits per heavy atom. The molecule has 0 amide bonds. The molecule has 0 aliphatic carbocycles. The molecule has 0 aliphatic rings. The number of nitrogens with zero attached hydrogens (tertiary/aromatic N) is 1. The molecule has 0 rings (SSSR count). The molecule has 0 saturated carbocycles. The van der Waals surface area contributed by atoms with E-state index in [-0.39, 0.29) is 5.78 Å². The van der Waals surface area contributed by atoms with E-state index in [4.69, 9.17) is 4.52 Å². The quantitative estimate of drug-likeness (QED) is 0.0538. The Bertz CT molecular complexity index is 530. The van der Waals surface area contributed by atoms with Gasteiger partial charge in [0.2, 0.25) is 0 Å². The highest BCUT2D eigenvalue weighted by Gasteiger charge is 2.41. The third-order valence-corrected chi connectivity index (χ3v) is 9.26. The summed E-state index contributed by atoms with van der Waals surface area (Å²) in [5.41, 5.74) is 0. The molecule has 35 heavy (non-hydrogen) atoms. The molecule has 5 heteroatoms. The van der Waals surface area contributed by atoms with Crippen LogP contribution in [0.4, 0.5) is 0 Å². The van der Waals surface area contributed by atoms with E-state index >= 15 is 0 Å². The molecule has 0 fully saturated rings. The van der Waals surface area contributed by atoms with Crippen LogP contribution < -0.4 is 0 Å². The topological polar surface area (TPSA) is 46.5 Å². The van der Waals surface area contributed by atoms with Crippen LogP contribution in [0, 0.1) is 0 Å². The van der Waals surface area contributed by atoms with E-state index in [0.717, 1.165) is 19.3 Å². The molecule has 2 atom stereocenters. The SMILES string of the molecule is CCCCCCCCCCCCCCC=CCCCCCCCOP(=O)(O)C(CCC)[N+](C)(C)C. The van der Waals surface area contributed by atoms with E-state index in [2.05, 4.69) is 26.0 Å². The van der Waals surface area contributed by atoms with Crippen molar-refractivity contribution in [3.63, 3.8) is 0 Å². The first kappa shape index (κ1) is 34.9. The van der Waals surface area contributed by atoms with Gasteiger partial charge in [0.15, 0.2) is 5.78 Å². The van der Waals surface area contributed by atoms with Gasteiger partial charge in [0, 0.05) is 6.42 Å². The number of quaternary nitrogens is 1. The van der Waals surface area contributed by atoms with Crippen molar-refractivity contribution in [1.82, 2.24) is 0 Å². The summed E-state index contributed by atoms with van der Waals surface area (Å²) in [6.07, 6.45) is 31.4. The lowest BCUT2D eigenvalue weighted by molar-refractivity contribution is -0.883. The average Bonchev–Trinajstić information content (AvgIpc) is 2.80. The number of hydrogen-bond acceptors (Lipinski definition) is 2. The van der Waals surface area contributed by atoms with Crippen LogP contribution in [0.1, 0.15) is 149 Å². The second-order valence-corrected chi connectivity index (χ2v) is 13.5. The second kappa shape index (κ2) is 23.0. The molecule has 4 nitrogen and oxygen atoms in total. The Hall–Kier alpha value is -0.150. The Morgan fingerprint density at radius 1 is 0.657 bits per heavy atom. The fourth-order valence-corrected chi connectivity index (χ4v) is 6.78. The molecule has 0 aromatic carbocycles. The summed E-state index contributed by atoms with van der Waals surface area (Å²) in [6.45, 7) is 4.73. The van der Waals surface area contributed by atoms with Crippen molar-refractivity contribution < 1.29 is 18.5 Å². The smallest absolute Gasteiger partial charge is 0.320 e. The Labute approximate surface area is 220 Å². The van der Waals surface area contributed by atoms with Crippen LogP contribution in [0.3, 0.4) is 0 Å². The maximum Gasteiger partial charge on any atom is 0.385 e. The van der Waals surface area contributed by atoms with Crippen molar-refractivity contribution in [2.75, 3.05) is 27.7 Å². The number of hydrogen-bond donors (Lipinski definition) is 1. The summed E-state index contributed by atoms with van der Waals surface area (Å²) >= 11 is 0. The van der Waals surface area contributed by atoms with E-state index in [1.165, 1.54) is 109 Å². The zero-order chi connectivity index (χ0) is 26.3. The fourth-order valence-electron chi connectivity index (χ4n) is 4.76. The van der Waals surface area contributed by atoms with E-state index in [1.54, 1.807) is 0 Å². The summed E-state index contributed by atoms with van der Waals surface area (Å²) in [7, 11) is 2.34. The van der Waals surface area contributed by atoms with Gasteiger partial charge in [0.05, 0.1) is 27.7 Å². The summed E-state index contributed by atoms with van der Waals surface area (Å²) in [6, 6.07) is 0. The number of rotatable bonds is 26. The zero-order valence-electron chi connectivity index (χ0n) is 24.4. The molecule has 0 aromatic heterocycles. The Kier molecular flexibility index (Phi) is 22.9. The van der Waals surface area contributed by atoms with Gasteiger partial charge in [-0.1, -0.05) is 116 Å². The van der Waals surface area contributed by atoms with Gasteiger partial charge in [-0.25, -0.2) is 0 Å². The summed E-state index contributed by atoms with van der Waals surface area (Å²) in [4.78, 5) is 10.4. The molecule has 0 radical (unpaired) electrons. The van der Waals surface area contributed by atoms with E-state index in [1.807, 2.05) is 21.1 Å². The minimum Gasteiger partial charge on any atom is -0.320 e. The van der Waals surface area contributed by atoms with Gasteiger partial charge in [-0.05, 0) is 38.5 Å². The van der Waals surface area contributed by atoms with Crippen molar-refractivity contribution in [3.8, 4) is 0 Å². The van der Waals surface area contributed by atoms with Gasteiger partial charge >= 0.3 is 7.60 Å². The molecule has 0 spiro atoms. The van der Waals surface area contributed by atoms with E-state index < -0.39 is 7.60 Å². The number of allylic oxidation sites excluding steroid dienone is 2. The lowest BCUT2D eigenvalue weighted by Crippen LogP contribution is -2.45. The van der Waals surface area contributed by atoms with Gasteiger partial charge in [-0.15, -0.1) is 0 Å². The maximum atomic E-state index is 12.7. The van der Waals surface area contributed by atoms with E-state index in [9.17, 15) is 9.46 Å². The van der Waals surface area contributed by atoms with Gasteiger partial charge in [0.25, 0.3) is 0 Å². The number of unbranched alkanes of at least 4 members (excludes halogenated alkanes) is 17. The minimum atomic E-state index is -3.57. The van der Waals surface area contributed by atoms with Crippen LogP contribution in [-0.2, 0) is 9.09 Å². The summed E-state index contributed by atoms with van der Waals surface area (Å²) < 4.78 is 18.6. The molecule has 2 unspecified atom stereocenters. The van der Waals surface area contributed by atoms with Gasteiger partial charge < -0.3 is 13.9 Å².